The Kier molecular flexibility index (Phi) is 4.67. The number of carbonyl (C=O) groups is 2. The highest BCUT2D eigenvalue weighted by molar-refractivity contribution is 5.91. The predicted molar refractivity (Wildman–Crippen MR) is 70.3 cm³/mol. The van der Waals surface area contributed by atoms with Crippen LogP contribution < -0.4 is 5.32 Å². The number of amides is 1. The van der Waals surface area contributed by atoms with E-state index in [1.807, 2.05) is 0 Å². The van der Waals surface area contributed by atoms with Gasteiger partial charge in [0.15, 0.2) is 5.69 Å². The van der Waals surface area contributed by atoms with E-state index < -0.39 is 5.97 Å². The van der Waals surface area contributed by atoms with Crippen LogP contribution in [0.1, 0.15) is 30.3 Å². The summed E-state index contributed by atoms with van der Waals surface area (Å²) in [7, 11) is 0. The van der Waals surface area contributed by atoms with Crippen LogP contribution in [0.5, 0.6) is 0 Å². The standard InChI is InChI=1S/C12H19N5O3/c1-2-16(9-3-4-9)6-5-13-12(20)10-7-17(15-14-10)8-11(18)19/h7,9H,2-6,8H2,1H3,(H,13,20)(H,18,19). The number of carboxylic acid groups (broad SMARTS) is 1. The van der Waals surface area contributed by atoms with E-state index >= 15 is 0 Å². The van der Waals surface area contributed by atoms with Crippen LogP contribution in [-0.4, -0.2) is 62.6 Å². The molecule has 2 N–H and O–H groups in total. The minimum absolute atomic E-state index is 0.140. The Balaban J connectivity index is 1.76. The predicted octanol–water partition coefficient (Wildman–Crippen LogP) is -0.423. The summed E-state index contributed by atoms with van der Waals surface area (Å²) in [5.74, 6) is -1.35. The molecule has 1 aliphatic carbocycles. The Morgan fingerprint density at radius 2 is 2.30 bits per heavy atom. The van der Waals surface area contributed by atoms with Gasteiger partial charge in [-0.2, -0.15) is 0 Å². The first kappa shape index (κ1) is 14.4. The van der Waals surface area contributed by atoms with Crippen molar-refractivity contribution in [1.29, 1.82) is 0 Å². The molecule has 1 amide bonds. The van der Waals surface area contributed by atoms with Crippen LogP contribution in [0.25, 0.3) is 0 Å². The van der Waals surface area contributed by atoms with E-state index in [0.717, 1.165) is 17.8 Å². The van der Waals surface area contributed by atoms with Gasteiger partial charge >= 0.3 is 5.97 Å². The van der Waals surface area contributed by atoms with Gasteiger partial charge in [0, 0.05) is 19.1 Å². The zero-order valence-electron chi connectivity index (χ0n) is 11.4. The van der Waals surface area contributed by atoms with Crippen LogP contribution in [0.2, 0.25) is 0 Å². The summed E-state index contributed by atoms with van der Waals surface area (Å²) in [6.45, 7) is 4.16. The Bertz CT molecular complexity index is 483. The first-order valence-corrected chi connectivity index (χ1v) is 6.74. The quantitative estimate of drug-likeness (QED) is 0.671. The van der Waals surface area contributed by atoms with Crippen LogP contribution in [0, 0.1) is 0 Å². The first-order valence-electron chi connectivity index (χ1n) is 6.74. The molecule has 1 aromatic heterocycles. The monoisotopic (exact) mass is 281 g/mol. The minimum Gasteiger partial charge on any atom is -0.480 e. The van der Waals surface area contributed by atoms with Crippen LogP contribution in [-0.2, 0) is 11.3 Å². The van der Waals surface area contributed by atoms with Crippen molar-refractivity contribution in [3.05, 3.63) is 11.9 Å². The Morgan fingerprint density at radius 1 is 1.55 bits per heavy atom. The van der Waals surface area contributed by atoms with Crippen molar-refractivity contribution in [1.82, 2.24) is 25.2 Å². The lowest BCUT2D eigenvalue weighted by molar-refractivity contribution is -0.137. The van der Waals surface area contributed by atoms with Gasteiger partial charge in [0.2, 0.25) is 0 Å². The zero-order valence-corrected chi connectivity index (χ0v) is 11.4. The second-order valence-corrected chi connectivity index (χ2v) is 4.81. The van der Waals surface area contributed by atoms with E-state index in [1.54, 1.807) is 0 Å². The normalized spacial score (nSPS) is 14.5. The molecule has 1 saturated carbocycles. The number of hydrogen-bond acceptors (Lipinski definition) is 5. The summed E-state index contributed by atoms with van der Waals surface area (Å²) >= 11 is 0. The number of hydrogen-bond donors (Lipinski definition) is 2. The van der Waals surface area contributed by atoms with E-state index in [4.69, 9.17) is 5.11 Å². The number of nitrogens with zero attached hydrogens (tertiary/aromatic N) is 4. The maximum Gasteiger partial charge on any atom is 0.325 e. The van der Waals surface area contributed by atoms with Gasteiger partial charge in [-0.3, -0.25) is 14.5 Å². The third-order valence-electron chi connectivity index (χ3n) is 3.22. The van der Waals surface area contributed by atoms with Crippen molar-refractivity contribution < 1.29 is 14.7 Å². The fourth-order valence-electron chi connectivity index (χ4n) is 2.06. The lowest BCUT2D eigenvalue weighted by Gasteiger charge is -2.19. The fraction of sp³-hybridized carbons (Fsp3) is 0.667. The molecule has 0 saturated heterocycles. The number of aromatic nitrogens is 3. The molecule has 0 radical (unpaired) electrons. The molecular weight excluding hydrogens is 262 g/mol. The van der Waals surface area contributed by atoms with Crippen molar-refractivity contribution in [3.63, 3.8) is 0 Å². The fourth-order valence-corrected chi connectivity index (χ4v) is 2.06. The van der Waals surface area contributed by atoms with Crippen molar-refractivity contribution in [2.24, 2.45) is 0 Å². The Hall–Kier alpha value is -1.96. The van der Waals surface area contributed by atoms with Crippen LogP contribution in [0.3, 0.4) is 0 Å². The van der Waals surface area contributed by atoms with Crippen LogP contribution in [0.15, 0.2) is 6.20 Å². The van der Waals surface area contributed by atoms with Crippen molar-refractivity contribution in [2.45, 2.75) is 32.4 Å². The molecule has 2 rings (SSSR count). The van der Waals surface area contributed by atoms with Gasteiger partial charge in [0.25, 0.3) is 5.91 Å². The van der Waals surface area contributed by atoms with Crippen LogP contribution >= 0.6 is 0 Å². The maximum atomic E-state index is 11.8. The average molecular weight is 281 g/mol. The molecule has 0 unspecified atom stereocenters. The topological polar surface area (TPSA) is 100 Å². The van der Waals surface area contributed by atoms with Crippen molar-refractivity contribution in [2.75, 3.05) is 19.6 Å². The molecule has 8 heteroatoms. The van der Waals surface area contributed by atoms with Gasteiger partial charge in [0.1, 0.15) is 6.54 Å². The van der Waals surface area contributed by atoms with Crippen molar-refractivity contribution in [3.8, 4) is 0 Å². The molecule has 0 bridgehead atoms. The second-order valence-electron chi connectivity index (χ2n) is 4.81. The molecule has 1 heterocycles. The van der Waals surface area contributed by atoms with Gasteiger partial charge in [-0.25, -0.2) is 4.68 Å². The maximum absolute atomic E-state index is 11.8. The highest BCUT2D eigenvalue weighted by Gasteiger charge is 2.27. The zero-order chi connectivity index (χ0) is 14.5. The third-order valence-corrected chi connectivity index (χ3v) is 3.22. The number of carboxylic acids is 1. The molecule has 20 heavy (non-hydrogen) atoms. The Labute approximate surface area is 116 Å². The van der Waals surface area contributed by atoms with E-state index in [-0.39, 0.29) is 18.1 Å². The van der Waals surface area contributed by atoms with E-state index in [1.165, 1.54) is 19.0 Å². The second kappa shape index (κ2) is 6.47. The summed E-state index contributed by atoms with van der Waals surface area (Å²) in [6.07, 6.45) is 3.82. The first-order chi connectivity index (χ1) is 9.60. The van der Waals surface area contributed by atoms with Crippen LogP contribution in [0.4, 0.5) is 0 Å². The molecular formula is C12H19N5O3. The smallest absolute Gasteiger partial charge is 0.325 e. The van der Waals surface area contributed by atoms with E-state index in [2.05, 4.69) is 27.5 Å². The molecule has 0 aliphatic heterocycles. The van der Waals surface area contributed by atoms with E-state index in [0.29, 0.717) is 12.6 Å². The Morgan fingerprint density at radius 3 is 2.90 bits per heavy atom. The number of nitrogens with one attached hydrogen (secondary N) is 1. The van der Waals surface area contributed by atoms with Gasteiger partial charge in [0.05, 0.1) is 6.20 Å². The molecule has 1 aromatic rings. The summed E-state index contributed by atoms with van der Waals surface area (Å²) in [4.78, 5) is 24.6. The number of rotatable bonds is 8. The van der Waals surface area contributed by atoms with Gasteiger partial charge in [-0.05, 0) is 19.4 Å². The summed E-state index contributed by atoms with van der Waals surface area (Å²) in [5, 5.41) is 18.6. The largest absolute Gasteiger partial charge is 0.480 e. The molecule has 110 valence electrons. The number of likely N-dealkylation sites (N-methyl/N-ethyl adjacent to an activating group) is 1. The lowest BCUT2D eigenvalue weighted by Crippen LogP contribution is -2.36. The molecule has 1 fully saturated rings. The van der Waals surface area contributed by atoms with Crippen molar-refractivity contribution >= 4 is 11.9 Å². The third kappa shape index (κ3) is 4.02. The van der Waals surface area contributed by atoms with Gasteiger partial charge in [-0.15, -0.1) is 5.10 Å². The summed E-state index contributed by atoms with van der Waals surface area (Å²) in [5.41, 5.74) is 0.140. The number of carbonyl (C=O) groups excluding carboxylic acids is 1. The minimum atomic E-state index is -1.02. The lowest BCUT2D eigenvalue weighted by atomic mass is 10.4. The molecule has 8 nitrogen and oxygen atoms in total. The number of aliphatic carboxylic acids is 1. The highest BCUT2D eigenvalue weighted by Crippen LogP contribution is 2.25. The average Bonchev–Trinajstić information content (AvgIpc) is 3.14. The molecule has 0 spiro atoms. The summed E-state index contributed by atoms with van der Waals surface area (Å²) < 4.78 is 1.12. The molecule has 0 aromatic carbocycles. The highest BCUT2D eigenvalue weighted by atomic mass is 16.4. The van der Waals surface area contributed by atoms with E-state index in [9.17, 15) is 9.59 Å². The SMILES string of the molecule is CCN(CCNC(=O)c1cn(CC(=O)O)nn1)C1CC1. The summed E-state index contributed by atoms with van der Waals surface area (Å²) in [6, 6.07) is 0.674. The molecule has 0 atom stereocenters. The van der Waals surface area contributed by atoms with Gasteiger partial charge in [-0.1, -0.05) is 12.1 Å². The van der Waals surface area contributed by atoms with Gasteiger partial charge < -0.3 is 10.4 Å². The molecule has 1 aliphatic rings.